The SMILES string of the molecule is Cc1ccc([C@H](NC(=O)CN(c2ccc(F)c(Cl)c2)S(C)(=O)=O)c2ccccc2)cc1. The molecule has 0 aliphatic rings. The van der Waals surface area contributed by atoms with Gasteiger partial charge in [-0.1, -0.05) is 71.8 Å². The second-order valence-corrected chi connectivity index (χ2v) is 9.50. The highest BCUT2D eigenvalue weighted by atomic mass is 35.5. The van der Waals surface area contributed by atoms with Crippen LogP contribution in [0.15, 0.2) is 72.8 Å². The molecule has 0 radical (unpaired) electrons. The molecule has 3 aromatic rings. The molecule has 162 valence electrons. The van der Waals surface area contributed by atoms with Gasteiger partial charge in [0.1, 0.15) is 12.4 Å². The minimum atomic E-state index is -3.82. The Bertz CT molecular complexity index is 1170. The molecule has 0 aromatic heterocycles. The van der Waals surface area contributed by atoms with Gasteiger partial charge in [-0.15, -0.1) is 0 Å². The fraction of sp³-hybridized carbons (Fsp3) is 0.174. The van der Waals surface area contributed by atoms with Crippen LogP contribution < -0.4 is 9.62 Å². The summed E-state index contributed by atoms with van der Waals surface area (Å²) in [5, 5.41) is 2.69. The summed E-state index contributed by atoms with van der Waals surface area (Å²) >= 11 is 5.80. The predicted molar refractivity (Wildman–Crippen MR) is 121 cm³/mol. The number of hydrogen-bond acceptors (Lipinski definition) is 3. The summed E-state index contributed by atoms with van der Waals surface area (Å²) in [6, 6.07) is 20.2. The fourth-order valence-electron chi connectivity index (χ4n) is 3.14. The highest BCUT2D eigenvalue weighted by Gasteiger charge is 2.24. The Morgan fingerprint density at radius 3 is 2.23 bits per heavy atom. The smallest absolute Gasteiger partial charge is 0.241 e. The van der Waals surface area contributed by atoms with E-state index in [0.717, 1.165) is 33.3 Å². The van der Waals surface area contributed by atoms with Crippen molar-refractivity contribution in [2.45, 2.75) is 13.0 Å². The first-order chi connectivity index (χ1) is 14.6. The maximum atomic E-state index is 13.5. The summed E-state index contributed by atoms with van der Waals surface area (Å²) in [5.74, 6) is -1.19. The van der Waals surface area contributed by atoms with Gasteiger partial charge in [0, 0.05) is 0 Å². The van der Waals surface area contributed by atoms with Crippen molar-refractivity contribution in [3.8, 4) is 0 Å². The molecular weight excluding hydrogens is 439 g/mol. The maximum Gasteiger partial charge on any atom is 0.241 e. The number of anilines is 1. The van der Waals surface area contributed by atoms with Gasteiger partial charge in [0.25, 0.3) is 0 Å². The number of hydrogen-bond donors (Lipinski definition) is 1. The van der Waals surface area contributed by atoms with E-state index in [9.17, 15) is 17.6 Å². The molecule has 31 heavy (non-hydrogen) atoms. The van der Waals surface area contributed by atoms with E-state index < -0.39 is 34.3 Å². The van der Waals surface area contributed by atoms with Gasteiger partial charge in [0.2, 0.25) is 15.9 Å². The first-order valence-corrected chi connectivity index (χ1v) is 11.7. The van der Waals surface area contributed by atoms with Crippen molar-refractivity contribution in [2.75, 3.05) is 17.1 Å². The van der Waals surface area contributed by atoms with Crippen LogP contribution in [0.4, 0.5) is 10.1 Å². The van der Waals surface area contributed by atoms with Crippen LogP contribution in [0.1, 0.15) is 22.7 Å². The number of benzene rings is 3. The van der Waals surface area contributed by atoms with Crippen molar-refractivity contribution in [2.24, 2.45) is 0 Å². The molecule has 0 aliphatic carbocycles. The molecular formula is C23H22ClFN2O3S. The highest BCUT2D eigenvalue weighted by Crippen LogP contribution is 2.25. The molecule has 0 aliphatic heterocycles. The molecule has 0 spiro atoms. The van der Waals surface area contributed by atoms with E-state index in [1.165, 1.54) is 12.1 Å². The second-order valence-electron chi connectivity index (χ2n) is 7.19. The standard InChI is InChI=1S/C23H22ClFN2O3S/c1-16-8-10-18(11-9-16)23(17-6-4-3-5-7-17)26-22(28)15-27(31(2,29)30)19-12-13-21(25)20(24)14-19/h3-14,23H,15H2,1-2H3,(H,26,28)/t23-/m1/s1. The molecule has 3 rings (SSSR count). The number of nitrogens with zero attached hydrogens (tertiary/aromatic N) is 1. The van der Waals surface area contributed by atoms with Crippen LogP contribution in [0, 0.1) is 12.7 Å². The van der Waals surface area contributed by atoms with E-state index in [0.29, 0.717) is 0 Å². The Kier molecular flexibility index (Phi) is 6.97. The molecule has 5 nitrogen and oxygen atoms in total. The first kappa shape index (κ1) is 22.8. The van der Waals surface area contributed by atoms with E-state index in [1.54, 1.807) is 0 Å². The molecule has 0 saturated heterocycles. The van der Waals surface area contributed by atoms with Crippen LogP contribution in [0.25, 0.3) is 0 Å². The predicted octanol–water partition coefficient (Wildman–Crippen LogP) is 4.46. The summed E-state index contributed by atoms with van der Waals surface area (Å²) in [5.41, 5.74) is 2.91. The molecule has 0 unspecified atom stereocenters. The molecule has 1 amide bonds. The number of nitrogens with one attached hydrogen (secondary N) is 1. The number of amides is 1. The Balaban J connectivity index is 1.89. The molecule has 1 N–H and O–H groups in total. The first-order valence-electron chi connectivity index (χ1n) is 9.49. The van der Waals surface area contributed by atoms with Crippen LogP contribution in [-0.2, 0) is 14.8 Å². The Morgan fingerprint density at radius 2 is 1.65 bits per heavy atom. The molecule has 8 heteroatoms. The average Bonchev–Trinajstić information content (AvgIpc) is 2.73. The lowest BCUT2D eigenvalue weighted by Crippen LogP contribution is -2.41. The average molecular weight is 461 g/mol. The minimum absolute atomic E-state index is 0.107. The molecule has 1 atom stereocenters. The minimum Gasteiger partial charge on any atom is -0.344 e. The summed E-state index contributed by atoms with van der Waals surface area (Å²) < 4.78 is 39.1. The number of rotatable bonds is 7. The van der Waals surface area contributed by atoms with Crippen LogP contribution >= 0.6 is 11.6 Å². The van der Waals surface area contributed by atoms with Gasteiger partial charge in [-0.2, -0.15) is 0 Å². The third-order valence-corrected chi connectivity index (χ3v) is 6.16. The fourth-order valence-corrected chi connectivity index (χ4v) is 4.16. The zero-order valence-corrected chi connectivity index (χ0v) is 18.6. The zero-order chi connectivity index (χ0) is 22.6. The van der Waals surface area contributed by atoms with Gasteiger partial charge in [-0.25, -0.2) is 12.8 Å². The lowest BCUT2D eigenvalue weighted by molar-refractivity contribution is -0.120. The van der Waals surface area contributed by atoms with Crippen molar-refractivity contribution in [3.63, 3.8) is 0 Å². The van der Waals surface area contributed by atoms with Gasteiger partial charge in [0.05, 0.1) is 23.0 Å². The lowest BCUT2D eigenvalue weighted by atomic mass is 9.98. The summed E-state index contributed by atoms with van der Waals surface area (Å²) in [4.78, 5) is 12.9. The van der Waals surface area contributed by atoms with E-state index in [1.807, 2.05) is 61.5 Å². The van der Waals surface area contributed by atoms with Gasteiger partial charge in [-0.05, 0) is 36.2 Å². The Hall–Kier alpha value is -2.90. The Morgan fingerprint density at radius 1 is 1.03 bits per heavy atom. The van der Waals surface area contributed by atoms with E-state index in [4.69, 9.17) is 11.6 Å². The largest absolute Gasteiger partial charge is 0.344 e. The zero-order valence-electron chi connectivity index (χ0n) is 17.0. The van der Waals surface area contributed by atoms with Crippen molar-refractivity contribution in [3.05, 3.63) is 100 Å². The molecule has 0 saturated carbocycles. The molecule has 0 heterocycles. The van der Waals surface area contributed by atoms with E-state index >= 15 is 0 Å². The summed E-state index contributed by atoms with van der Waals surface area (Å²) in [6.45, 7) is 1.49. The number of carbonyl (C=O) groups excluding carboxylic acids is 1. The maximum absolute atomic E-state index is 13.5. The van der Waals surface area contributed by atoms with Crippen molar-refractivity contribution >= 4 is 33.2 Å². The van der Waals surface area contributed by atoms with Crippen molar-refractivity contribution in [1.29, 1.82) is 0 Å². The number of halogens is 2. The third kappa shape index (κ3) is 5.83. The second kappa shape index (κ2) is 9.49. The van der Waals surface area contributed by atoms with Gasteiger partial charge in [-0.3, -0.25) is 9.10 Å². The third-order valence-electron chi connectivity index (χ3n) is 4.73. The van der Waals surface area contributed by atoms with Crippen LogP contribution in [-0.4, -0.2) is 27.1 Å². The van der Waals surface area contributed by atoms with Crippen LogP contribution in [0.3, 0.4) is 0 Å². The molecule has 0 fully saturated rings. The lowest BCUT2D eigenvalue weighted by Gasteiger charge is -2.25. The normalized spacial score (nSPS) is 12.3. The van der Waals surface area contributed by atoms with Crippen molar-refractivity contribution in [1.82, 2.24) is 5.32 Å². The number of aryl methyl sites for hydroxylation is 1. The van der Waals surface area contributed by atoms with E-state index in [-0.39, 0.29) is 10.7 Å². The number of sulfonamides is 1. The van der Waals surface area contributed by atoms with Gasteiger partial charge in [0.15, 0.2) is 0 Å². The van der Waals surface area contributed by atoms with Crippen molar-refractivity contribution < 1.29 is 17.6 Å². The molecule has 3 aromatic carbocycles. The Labute approximate surface area is 186 Å². The number of carbonyl (C=O) groups is 1. The molecule has 0 bridgehead atoms. The summed E-state index contributed by atoms with van der Waals surface area (Å²) in [7, 11) is -3.82. The van der Waals surface area contributed by atoms with Gasteiger partial charge >= 0.3 is 0 Å². The highest BCUT2D eigenvalue weighted by molar-refractivity contribution is 7.92. The van der Waals surface area contributed by atoms with Crippen LogP contribution in [0.2, 0.25) is 5.02 Å². The van der Waals surface area contributed by atoms with Crippen LogP contribution in [0.5, 0.6) is 0 Å². The van der Waals surface area contributed by atoms with E-state index in [2.05, 4.69) is 5.32 Å². The topological polar surface area (TPSA) is 66.5 Å². The van der Waals surface area contributed by atoms with Gasteiger partial charge < -0.3 is 5.32 Å². The quantitative estimate of drug-likeness (QED) is 0.566. The monoisotopic (exact) mass is 460 g/mol. The summed E-state index contributed by atoms with van der Waals surface area (Å²) in [6.07, 6.45) is 0.978.